The zero-order chi connectivity index (χ0) is 15.7. The number of ether oxygens (including phenoxy) is 1. The van der Waals surface area contributed by atoms with Gasteiger partial charge in [-0.2, -0.15) is 0 Å². The Morgan fingerprint density at radius 2 is 1.95 bits per heavy atom. The Morgan fingerprint density at radius 3 is 2.68 bits per heavy atom. The van der Waals surface area contributed by atoms with Crippen LogP contribution in [0.15, 0.2) is 18.2 Å². The van der Waals surface area contributed by atoms with E-state index in [1.54, 1.807) is 0 Å². The van der Waals surface area contributed by atoms with Gasteiger partial charge in [0.05, 0.1) is 12.3 Å². The third-order valence-electron chi connectivity index (χ3n) is 4.99. The van der Waals surface area contributed by atoms with Gasteiger partial charge >= 0.3 is 5.97 Å². The van der Waals surface area contributed by atoms with E-state index in [2.05, 4.69) is 5.32 Å². The zero-order valence-electron chi connectivity index (χ0n) is 13.3. The Hall–Kier alpha value is -1.84. The molecule has 118 valence electrons. The maximum absolute atomic E-state index is 12.8. The highest BCUT2D eigenvalue weighted by Crippen LogP contribution is 2.44. The second kappa shape index (κ2) is 5.75. The second-order valence-corrected chi connectivity index (χ2v) is 6.66. The van der Waals surface area contributed by atoms with Crippen LogP contribution >= 0.6 is 0 Å². The van der Waals surface area contributed by atoms with Gasteiger partial charge in [0, 0.05) is 5.69 Å². The minimum absolute atomic E-state index is 0.0820. The average molecular weight is 301 g/mol. The smallest absolute Gasteiger partial charge is 0.307 e. The predicted molar refractivity (Wildman–Crippen MR) is 84.6 cm³/mol. The lowest BCUT2D eigenvalue weighted by Crippen LogP contribution is -2.43. The first kappa shape index (κ1) is 15.1. The van der Waals surface area contributed by atoms with Crippen LogP contribution in [0.4, 0.5) is 5.69 Å². The van der Waals surface area contributed by atoms with Gasteiger partial charge < -0.3 is 10.1 Å². The molecule has 1 N–H and O–H groups in total. The van der Waals surface area contributed by atoms with Gasteiger partial charge in [-0.05, 0) is 56.7 Å². The normalized spacial score (nSPS) is 23.4. The molecule has 0 aromatic heterocycles. The van der Waals surface area contributed by atoms with Crippen molar-refractivity contribution in [2.24, 2.45) is 5.92 Å². The molecule has 4 nitrogen and oxygen atoms in total. The van der Waals surface area contributed by atoms with Crippen molar-refractivity contribution in [3.63, 3.8) is 0 Å². The van der Waals surface area contributed by atoms with E-state index >= 15 is 0 Å². The molecule has 1 atom stereocenters. The van der Waals surface area contributed by atoms with Crippen LogP contribution < -0.4 is 5.32 Å². The summed E-state index contributed by atoms with van der Waals surface area (Å²) in [4.78, 5) is 24.6. The number of hydrogen-bond acceptors (Lipinski definition) is 3. The molecule has 1 saturated carbocycles. The van der Waals surface area contributed by atoms with Crippen LogP contribution in [-0.4, -0.2) is 17.5 Å². The quantitative estimate of drug-likeness (QED) is 0.850. The van der Waals surface area contributed by atoms with E-state index < -0.39 is 5.60 Å². The highest BCUT2D eigenvalue weighted by Gasteiger charge is 2.52. The molecule has 1 unspecified atom stereocenters. The van der Waals surface area contributed by atoms with Gasteiger partial charge in [-0.1, -0.05) is 18.6 Å². The lowest BCUT2D eigenvalue weighted by molar-refractivity contribution is -0.153. The number of carbonyl (C=O) groups is 2. The van der Waals surface area contributed by atoms with Gasteiger partial charge in [0.15, 0.2) is 0 Å². The van der Waals surface area contributed by atoms with Gasteiger partial charge in [-0.15, -0.1) is 0 Å². The van der Waals surface area contributed by atoms with E-state index in [4.69, 9.17) is 4.74 Å². The molecule has 1 aliphatic heterocycles. The van der Waals surface area contributed by atoms with Crippen molar-refractivity contribution in [3.8, 4) is 0 Å². The first-order valence-electron chi connectivity index (χ1n) is 8.10. The monoisotopic (exact) mass is 301 g/mol. The number of hydrogen-bond donors (Lipinski definition) is 1. The molecule has 0 bridgehead atoms. The molecule has 2 fully saturated rings. The Labute approximate surface area is 131 Å². The molecule has 1 aromatic carbocycles. The number of esters is 1. The zero-order valence-corrected chi connectivity index (χ0v) is 13.3. The first-order chi connectivity index (χ1) is 10.5. The van der Waals surface area contributed by atoms with Crippen molar-refractivity contribution < 1.29 is 14.3 Å². The SMILES string of the molecule is Cc1ccc(C)c(NC(=O)C2CC(=O)OC23CCCCC3)c1. The Bertz CT molecular complexity index is 602. The molecule has 0 radical (unpaired) electrons. The van der Waals surface area contributed by atoms with Crippen molar-refractivity contribution in [2.75, 3.05) is 5.32 Å². The molecule has 1 amide bonds. The highest BCUT2D eigenvalue weighted by molar-refractivity contribution is 5.97. The third kappa shape index (κ3) is 2.74. The summed E-state index contributed by atoms with van der Waals surface area (Å²) in [5.41, 5.74) is 2.40. The number of benzene rings is 1. The van der Waals surface area contributed by atoms with Crippen LogP contribution in [0.2, 0.25) is 0 Å². The summed E-state index contributed by atoms with van der Waals surface area (Å²) in [7, 11) is 0. The van der Waals surface area contributed by atoms with Crippen LogP contribution in [0.25, 0.3) is 0 Å². The van der Waals surface area contributed by atoms with Crippen LogP contribution in [0.1, 0.15) is 49.7 Å². The van der Waals surface area contributed by atoms with Crippen molar-refractivity contribution in [3.05, 3.63) is 29.3 Å². The van der Waals surface area contributed by atoms with Gasteiger partial charge in [0.25, 0.3) is 0 Å². The summed E-state index contributed by atoms with van der Waals surface area (Å²) in [6.07, 6.45) is 5.04. The fraction of sp³-hybridized carbons (Fsp3) is 0.556. The summed E-state index contributed by atoms with van der Waals surface area (Å²) in [5, 5.41) is 3.01. The molecular formula is C18H23NO3. The Morgan fingerprint density at radius 1 is 1.23 bits per heavy atom. The van der Waals surface area contributed by atoms with Crippen molar-refractivity contribution >= 4 is 17.6 Å². The number of aryl methyl sites for hydroxylation is 2. The minimum atomic E-state index is -0.558. The maximum atomic E-state index is 12.8. The van der Waals surface area contributed by atoms with Gasteiger partial charge in [-0.25, -0.2) is 0 Å². The molecule has 3 rings (SSSR count). The Kier molecular flexibility index (Phi) is 3.94. The fourth-order valence-corrected chi connectivity index (χ4v) is 3.71. The summed E-state index contributed by atoms with van der Waals surface area (Å²) in [6, 6.07) is 5.99. The van der Waals surface area contributed by atoms with E-state index in [1.807, 2.05) is 32.0 Å². The highest BCUT2D eigenvalue weighted by atomic mass is 16.6. The number of anilines is 1. The molecular weight excluding hydrogens is 278 g/mol. The molecule has 1 saturated heterocycles. The average Bonchev–Trinajstić information content (AvgIpc) is 2.80. The van der Waals surface area contributed by atoms with E-state index in [9.17, 15) is 9.59 Å². The van der Waals surface area contributed by atoms with E-state index in [0.29, 0.717) is 0 Å². The van der Waals surface area contributed by atoms with Crippen LogP contribution in [0, 0.1) is 19.8 Å². The van der Waals surface area contributed by atoms with E-state index in [0.717, 1.165) is 48.9 Å². The molecule has 1 spiro atoms. The van der Waals surface area contributed by atoms with Crippen molar-refractivity contribution in [1.29, 1.82) is 0 Å². The number of nitrogens with one attached hydrogen (secondary N) is 1. The van der Waals surface area contributed by atoms with Gasteiger partial charge in [-0.3, -0.25) is 9.59 Å². The minimum Gasteiger partial charge on any atom is -0.458 e. The molecule has 1 heterocycles. The lowest BCUT2D eigenvalue weighted by Gasteiger charge is -2.36. The second-order valence-electron chi connectivity index (χ2n) is 6.66. The first-order valence-corrected chi connectivity index (χ1v) is 8.10. The Balaban J connectivity index is 1.81. The molecule has 2 aliphatic rings. The van der Waals surface area contributed by atoms with E-state index in [-0.39, 0.29) is 24.2 Å². The standard InChI is InChI=1S/C18H23NO3/c1-12-6-7-13(2)15(10-12)19-17(21)14-11-16(20)22-18(14)8-4-3-5-9-18/h6-7,10,14H,3-5,8-9,11H2,1-2H3,(H,19,21). The predicted octanol–water partition coefficient (Wildman–Crippen LogP) is 3.51. The number of amides is 1. The largest absolute Gasteiger partial charge is 0.458 e. The molecule has 1 aliphatic carbocycles. The van der Waals surface area contributed by atoms with Crippen LogP contribution in [0.5, 0.6) is 0 Å². The number of rotatable bonds is 2. The summed E-state index contributed by atoms with van der Waals surface area (Å²) in [5.74, 6) is -0.676. The molecule has 1 aromatic rings. The van der Waals surface area contributed by atoms with Crippen LogP contribution in [0.3, 0.4) is 0 Å². The fourth-order valence-electron chi connectivity index (χ4n) is 3.71. The van der Waals surface area contributed by atoms with Gasteiger partial charge in [0.1, 0.15) is 5.60 Å². The summed E-state index contributed by atoms with van der Waals surface area (Å²) in [6.45, 7) is 3.97. The summed E-state index contributed by atoms with van der Waals surface area (Å²) < 4.78 is 5.62. The van der Waals surface area contributed by atoms with Crippen molar-refractivity contribution in [1.82, 2.24) is 0 Å². The molecule has 4 heteroatoms. The molecule has 22 heavy (non-hydrogen) atoms. The maximum Gasteiger partial charge on any atom is 0.307 e. The topological polar surface area (TPSA) is 55.4 Å². The van der Waals surface area contributed by atoms with Gasteiger partial charge in [0.2, 0.25) is 5.91 Å². The third-order valence-corrected chi connectivity index (χ3v) is 4.99. The number of carbonyl (C=O) groups excluding carboxylic acids is 2. The lowest BCUT2D eigenvalue weighted by atomic mass is 9.75. The summed E-state index contributed by atoms with van der Waals surface area (Å²) >= 11 is 0. The van der Waals surface area contributed by atoms with E-state index in [1.165, 1.54) is 0 Å². The van der Waals surface area contributed by atoms with Crippen LogP contribution in [-0.2, 0) is 14.3 Å². The van der Waals surface area contributed by atoms with Crippen molar-refractivity contribution in [2.45, 2.75) is 58.0 Å².